The lowest BCUT2D eigenvalue weighted by Gasteiger charge is -2.07. The molecule has 0 aliphatic heterocycles. The number of fused-ring (bicyclic) bond motifs is 1. The van der Waals surface area contributed by atoms with Crippen LogP contribution in [0.3, 0.4) is 0 Å². The number of aryl methyl sites for hydroxylation is 2. The van der Waals surface area contributed by atoms with E-state index >= 15 is 0 Å². The van der Waals surface area contributed by atoms with E-state index in [4.69, 9.17) is 0 Å². The van der Waals surface area contributed by atoms with E-state index in [0.717, 1.165) is 24.0 Å². The van der Waals surface area contributed by atoms with Crippen LogP contribution in [0, 0.1) is 0 Å². The van der Waals surface area contributed by atoms with E-state index in [9.17, 15) is 4.79 Å². The third-order valence-corrected chi connectivity index (χ3v) is 5.79. The Labute approximate surface area is 179 Å². The van der Waals surface area contributed by atoms with E-state index in [1.54, 1.807) is 0 Å². The third kappa shape index (κ3) is 5.04. The van der Waals surface area contributed by atoms with Gasteiger partial charge in [0.05, 0.1) is 0 Å². The van der Waals surface area contributed by atoms with E-state index in [1.165, 1.54) is 47.6 Å². The summed E-state index contributed by atoms with van der Waals surface area (Å²) < 4.78 is 0. The number of rotatable bonds is 9. The lowest BCUT2D eigenvalue weighted by atomic mass is 9.98. The first-order valence-corrected chi connectivity index (χ1v) is 11.0. The fraction of sp³-hybridized carbons (Fsp3) is 0.207. The Balaban J connectivity index is 1.21. The summed E-state index contributed by atoms with van der Waals surface area (Å²) in [6.45, 7) is 0. The lowest BCUT2D eigenvalue weighted by molar-refractivity contribution is 0.103. The summed E-state index contributed by atoms with van der Waals surface area (Å²) in [6.07, 6.45) is 7.16. The van der Waals surface area contributed by atoms with E-state index in [-0.39, 0.29) is 5.78 Å². The molecule has 0 saturated heterocycles. The molecule has 4 aromatic rings. The van der Waals surface area contributed by atoms with Gasteiger partial charge in [0.15, 0.2) is 5.78 Å². The summed E-state index contributed by atoms with van der Waals surface area (Å²) in [5.41, 5.74) is 4.29. The Morgan fingerprint density at radius 2 is 1.17 bits per heavy atom. The van der Waals surface area contributed by atoms with Crippen LogP contribution in [0.15, 0.2) is 97.1 Å². The van der Waals surface area contributed by atoms with Crippen molar-refractivity contribution in [3.05, 3.63) is 119 Å². The second-order valence-corrected chi connectivity index (χ2v) is 7.94. The van der Waals surface area contributed by atoms with Crippen molar-refractivity contribution in [2.45, 2.75) is 38.5 Å². The minimum Gasteiger partial charge on any atom is -0.289 e. The molecule has 4 aromatic carbocycles. The van der Waals surface area contributed by atoms with Crippen LogP contribution in [0.2, 0.25) is 0 Å². The molecule has 150 valence electrons. The lowest BCUT2D eigenvalue weighted by Crippen LogP contribution is -2.01. The van der Waals surface area contributed by atoms with Gasteiger partial charge in [-0.15, -0.1) is 0 Å². The van der Waals surface area contributed by atoms with Crippen LogP contribution < -0.4 is 0 Å². The maximum absolute atomic E-state index is 12.5. The molecular weight excluding hydrogens is 364 g/mol. The Bertz CT molecular complexity index is 1090. The van der Waals surface area contributed by atoms with Gasteiger partial charge in [-0.2, -0.15) is 0 Å². The van der Waals surface area contributed by atoms with Gasteiger partial charge in [-0.3, -0.25) is 4.79 Å². The van der Waals surface area contributed by atoms with Gasteiger partial charge in [-0.25, -0.2) is 0 Å². The van der Waals surface area contributed by atoms with E-state index in [0.29, 0.717) is 0 Å². The molecule has 0 radical (unpaired) electrons. The van der Waals surface area contributed by atoms with Crippen molar-refractivity contribution in [2.24, 2.45) is 0 Å². The average Bonchev–Trinajstić information content (AvgIpc) is 2.82. The van der Waals surface area contributed by atoms with Crippen LogP contribution >= 0.6 is 0 Å². The number of benzene rings is 4. The molecule has 0 saturated carbocycles. The number of unbranched alkanes of at least 4 members (excludes halogenated alkanes) is 3. The van der Waals surface area contributed by atoms with Crippen molar-refractivity contribution in [1.29, 1.82) is 0 Å². The van der Waals surface area contributed by atoms with Gasteiger partial charge in [-0.05, 0) is 47.6 Å². The predicted molar refractivity (Wildman–Crippen MR) is 126 cm³/mol. The summed E-state index contributed by atoms with van der Waals surface area (Å²) in [4.78, 5) is 12.5. The number of hydrogen-bond acceptors (Lipinski definition) is 1. The normalized spacial score (nSPS) is 10.9. The average molecular weight is 393 g/mol. The molecule has 0 spiro atoms. The molecule has 1 nitrogen and oxygen atoms in total. The zero-order chi connectivity index (χ0) is 20.6. The van der Waals surface area contributed by atoms with Crippen molar-refractivity contribution < 1.29 is 4.79 Å². The molecule has 4 rings (SSSR count). The van der Waals surface area contributed by atoms with Gasteiger partial charge in [0, 0.05) is 11.1 Å². The second kappa shape index (κ2) is 10.0. The highest BCUT2D eigenvalue weighted by Gasteiger charge is 2.08. The van der Waals surface area contributed by atoms with Crippen LogP contribution in [0.25, 0.3) is 10.8 Å². The van der Waals surface area contributed by atoms with Gasteiger partial charge >= 0.3 is 0 Å². The van der Waals surface area contributed by atoms with E-state index < -0.39 is 0 Å². The zero-order valence-corrected chi connectivity index (χ0v) is 17.4. The topological polar surface area (TPSA) is 17.1 Å². The molecule has 0 heterocycles. The molecule has 0 aliphatic carbocycles. The second-order valence-electron chi connectivity index (χ2n) is 7.94. The van der Waals surface area contributed by atoms with Gasteiger partial charge in [-0.1, -0.05) is 110 Å². The minimum absolute atomic E-state index is 0.0931. The molecular formula is C29H28O. The van der Waals surface area contributed by atoms with Gasteiger partial charge < -0.3 is 0 Å². The van der Waals surface area contributed by atoms with Crippen LogP contribution in [-0.2, 0) is 12.8 Å². The molecule has 0 N–H and O–H groups in total. The molecule has 30 heavy (non-hydrogen) atoms. The van der Waals surface area contributed by atoms with Crippen molar-refractivity contribution in [2.75, 3.05) is 0 Å². The predicted octanol–water partition coefficient (Wildman–Crippen LogP) is 7.42. The number of hydrogen-bond donors (Lipinski definition) is 0. The van der Waals surface area contributed by atoms with Crippen LogP contribution in [0.4, 0.5) is 0 Å². The highest BCUT2D eigenvalue weighted by molar-refractivity contribution is 6.08. The van der Waals surface area contributed by atoms with Gasteiger partial charge in [0.2, 0.25) is 0 Å². The number of carbonyl (C=O) groups excluding carboxylic acids is 1. The Kier molecular flexibility index (Phi) is 6.72. The largest absolute Gasteiger partial charge is 0.289 e. The highest BCUT2D eigenvalue weighted by atomic mass is 16.1. The number of carbonyl (C=O) groups is 1. The summed E-state index contributed by atoms with van der Waals surface area (Å²) in [5, 5.41) is 2.73. The Morgan fingerprint density at radius 1 is 0.533 bits per heavy atom. The summed E-state index contributed by atoms with van der Waals surface area (Å²) in [5.74, 6) is 0.0931. The molecule has 0 aliphatic rings. The molecule has 0 unspecified atom stereocenters. The van der Waals surface area contributed by atoms with Crippen molar-refractivity contribution in [3.8, 4) is 0 Å². The minimum atomic E-state index is 0.0931. The number of ketones is 1. The smallest absolute Gasteiger partial charge is 0.193 e. The van der Waals surface area contributed by atoms with Crippen molar-refractivity contribution >= 4 is 16.6 Å². The first-order chi connectivity index (χ1) is 14.8. The third-order valence-electron chi connectivity index (χ3n) is 5.79. The quantitative estimate of drug-likeness (QED) is 0.214. The summed E-state index contributed by atoms with van der Waals surface area (Å²) >= 11 is 0. The summed E-state index contributed by atoms with van der Waals surface area (Å²) in [7, 11) is 0. The van der Waals surface area contributed by atoms with E-state index in [2.05, 4.69) is 54.6 Å². The fourth-order valence-corrected chi connectivity index (χ4v) is 4.09. The standard InChI is InChI=1S/C29H28O/c30-29(26-14-6-3-7-15-26)27-21-19-23(20-22-27)11-4-1-2-5-12-24-16-10-17-25-13-8-9-18-28(24)25/h3,6-10,13-22H,1-2,4-5,11-12H2. The van der Waals surface area contributed by atoms with Crippen molar-refractivity contribution in [1.82, 2.24) is 0 Å². The first kappa shape index (κ1) is 20.1. The molecule has 0 bridgehead atoms. The van der Waals surface area contributed by atoms with Gasteiger partial charge in [0.1, 0.15) is 0 Å². The maximum atomic E-state index is 12.5. The maximum Gasteiger partial charge on any atom is 0.193 e. The summed E-state index contributed by atoms with van der Waals surface area (Å²) in [6, 6.07) is 32.9. The molecule has 0 atom stereocenters. The van der Waals surface area contributed by atoms with Crippen LogP contribution in [-0.4, -0.2) is 5.78 Å². The highest BCUT2D eigenvalue weighted by Crippen LogP contribution is 2.21. The first-order valence-electron chi connectivity index (χ1n) is 11.0. The molecule has 0 aromatic heterocycles. The van der Waals surface area contributed by atoms with Gasteiger partial charge in [0.25, 0.3) is 0 Å². The SMILES string of the molecule is O=C(c1ccccc1)c1ccc(CCCCCCc2cccc3ccccc23)cc1. The monoisotopic (exact) mass is 392 g/mol. The Morgan fingerprint density at radius 3 is 1.97 bits per heavy atom. The van der Waals surface area contributed by atoms with Crippen LogP contribution in [0.1, 0.15) is 52.7 Å². The zero-order valence-electron chi connectivity index (χ0n) is 17.4. The molecule has 0 fully saturated rings. The Hall–Kier alpha value is -3.19. The fourth-order valence-electron chi connectivity index (χ4n) is 4.09. The van der Waals surface area contributed by atoms with E-state index in [1.807, 2.05) is 42.5 Å². The van der Waals surface area contributed by atoms with Crippen molar-refractivity contribution in [3.63, 3.8) is 0 Å². The molecule has 0 amide bonds. The van der Waals surface area contributed by atoms with Crippen LogP contribution in [0.5, 0.6) is 0 Å². The molecule has 1 heteroatoms.